The van der Waals surface area contributed by atoms with E-state index in [1.54, 1.807) is 18.2 Å². The van der Waals surface area contributed by atoms with Crippen molar-refractivity contribution in [3.8, 4) is 11.6 Å². The van der Waals surface area contributed by atoms with Crippen molar-refractivity contribution in [2.45, 2.75) is 18.4 Å². The molecule has 1 aliphatic heterocycles. The van der Waals surface area contributed by atoms with Gasteiger partial charge in [-0.15, -0.1) is 0 Å². The van der Waals surface area contributed by atoms with Crippen molar-refractivity contribution in [2.24, 2.45) is 5.73 Å². The Morgan fingerprint density at radius 3 is 2.84 bits per heavy atom. The summed E-state index contributed by atoms with van der Waals surface area (Å²) in [5, 5.41) is 2.77. The van der Waals surface area contributed by atoms with Gasteiger partial charge in [-0.2, -0.15) is 8.78 Å². The molecule has 1 fully saturated rings. The van der Waals surface area contributed by atoms with E-state index in [2.05, 4.69) is 10.3 Å². The second-order valence-corrected chi connectivity index (χ2v) is 5.63. The average molecular weight is 351 g/mol. The lowest BCUT2D eigenvalue weighted by atomic mass is 10.1. The third kappa shape index (κ3) is 3.17. The molecule has 0 radical (unpaired) electrons. The molecule has 2 amide bonds. The highest BCUT2D eigenvalue weighted by Crippen LogP contribution is 2.30. The summed E-state index contributed by atoms with van der Waals surface area (Å²) >= 11 is 0. The van der Waals surface area contributed by atoms with Crippen molar-refractivity contribution in [3.05, 3.63) is 29.8 Å². The molecule has 3 rings (SSSR count). The Bertz CT molecular complexity index is 857. The van der Waals surface area contributed by atoms with Crippen LogP contribution < -0.4 is 20.5 Å². The number of nitrogens with one attached hydrogen (secondary N) is 1. The van der Waals surface area contributed by atoms with E-state index >= 15 is 0 Å². The van der Waals surface area contributed by atoms with E-state index in [-0.39, 0.29) is 18.1 Å². The van der Waals surface area contributed by atoms with Crippen LogP contribution in [0, 0.1) is 0 Å². The molecular weight excluding hydrogens is 336 g/mol. The van der Waals surface area contributed by atoms with Gasteiger partial charge in [0.2, 0.25) is 5.88 Å². The number of nitrogens with two attached hydrogens (primary N) is 1. The van der Waals surface area contributed by atoms with Crippen molar-refractivity contribution in [1.82, 2.24) is 10.3 Å². The predicted octanol–water partition coefficient (Wildman–Crippen LogP) is 1.24. The van der Waals surface area contributed by atoms with Crippen LogP contribution in [0.4, 0.5) is 8.78 Å². The molecular formula is C16H15F2N3O4. The maximum absolute atomic E-state index is 13.2. The van der Waals surface area contributed by atoms with Gasteiger partial charge in [0.1, 0.15) is 23.4 Å². The Hall–Kier alpha value is -2.97. The number of pyridine rings is 1. The maximum atomic E-state index is 13.2. The van der Waals surface area contributed by atoms with E-state index in [0.29, 0.717) is 16.7 Å². The number of hydrogen-bond acceptors (Lipinski definition) is 5. The highest BCUT2D eigenvalue weighted by molar-refractivity contribution is 5.99. The van der Waals surface area contributed by atoms with E-state index in [9.17, 15) is 18.4 Å². The predicted molar refractivity (Wildman–Crippen MR) is 83.8 cm³/mol. The van der Waals surface area contributed by atoms with Crippen molar-refractivity contribution >= 4 is 22.7 Å². The molecule has 0 bridgehead atoms. The summed E-state index contributed by atoms with van der Waals surface area (Å²) in [7, 11) is 1.35. The van der Waals surface area contributed by atoms with Crippen molar-refractivity contribution in [3.63, 3.8) is 0 Å². The van der Waals surface area contributed by atoms with Gasteiger partial charge in [-0.25, -0.2) is 4.98 Å². The summed E-state index contributed by atoms with van der Waals surface area (Å²) in [5.41, 5.74) is 5.81. The van der Waals surface area contributed by atoms with E-state index in [1.807, 2.05) is 0 Å². The first-order chi connectivity index (χ1) is 11.8. The molecule has 7 nitrogen and oxygen atoms in total. The third-order valence-corrected chi connectivity index (χ3v) is 3.84. The minimum Gasteiger partial charge on any atom is -0.489 e. The Morgan fingerprint density at radius 1 is 1.48 bits per heavy atom. The van der Waals surface area contributed by atoms with Crippen LogP contribution in [0.15, 0.2) is 24.3 Å². The molecule has 2 aromatic rings. The summed E-state index contributed by atoms with van der Waals surface area (Å²) in [4.78, 5) is 26.8. The van der Waals surface area contributed by atoms with E-state index in [0.717, 1.165) is 0 Å². The van der Waals surface area contributed by atoms with Gasteiger partial charge in [0.15, 0.2) is 0 Å². The van der Waals surface area contributed by atoms with Crippen LogP contribution in [-0.2, 0) is 4.79 Å². The smallest absolute Gasteiger partial charge is 0.326 e. The van der Waals surface area contributed by atoms with Crippen molar-refractivity contribution < 1.29 is 27.8 Å². The first-order valence-corrected chi connectivity index (χ1v) is 7.41. The van der Waals surface area contributed by atoms with E-state index < -0.39 is 30.2 Å². The fraction of sp³-hybridized carbons (Fsp3) is 0.312. The average Bonchev–Trinajstić information content (AvgIpc) is 2.83. The van der Waals surface area contributed by atoms with Crippen LogP contribution in [0.25, 0.3) is 10.9 Å². The van der Waals surface area contributed by atoms with Gasteiger partial charge in [-0.05, 0) is 12.1 Å². The second-order valence-electron chi connectivity index (χ2n) is 5.63. The lowest BCUT2D eigenvalue weighted by molar-refractivity contribution is -0.139. The molecule has 1 atom stereocenters. The summed E-state index contributed by atoms with van der Waals surface area (Å²) in [6.45, 7) is -0.137. The normalized spacial score (nSPS) is 18.8. The molecule has 1 saturated heterocycles. The zero-order chi connectivity index (χ0) is 18.2. The van der Waals surface area contributed by atoms with Crippen LogP contribution in [0.1, 0.15) is 16.8 Å². The van der Waals surface area contributed by atoms with Gasteiger partial charge in [-0.3, -0.25) is 9.59 Å². The van der Waals surface area contributed by atoms with Gasteiger partial charge in [0, 0.05) is 11.8 Å². The molecule has 3 N–H and O–H groups in total. The Morgan fingerprint density at radius 2 is 2.24 bits per heavy atom. The number of aromatic nitrogens is 1. The van der Waals surface area contributed by atoms with Gasteiger partial charge >= 0.3 is 5.92 Å². The van der Waals surface area contributed by atoms with Crippen molar-refractivity contribution in [1.29, 1.82) is 0 Å². The lowest BCUT2D eigenvalue weighted by Gasteiger charge is -2.14. The quantitative estimate of drug-likeness (QED) is 0.844. The van der Waals surface area contributed by atoms with Gasteiger partial charge in [-0.1, -0.05) is 12.1 Å². The second kappa shape index (κ2) is 6.15. The number of carbonyl (C=O) groups is 2. The molecule has 1 aliphatic rings. The molecule has 0 spiro atoms. The number of rotatable bonds is 5. The number of para-hydroxylation sites is 1. The fourth-order valence-corrected chi connectivity index (χ4v) is 2.64. The minimum atomic E-state index is -3.38. The lowest BCUT2D eigenvalue weighted by Crippen LogP contribution is -2.33. The summed E-state index contributed by atoms with van der Waals surface area (Å²) in [6, 6.07) is 5.69. The molecule has 132 valence electrons. The number of primary amides is 1. The van der Waals surface area contributed by atoms with Crippen LogP contribution in [0.3, 0.4) is 0 Å². The molecule has 0 unspecified atom stereocenters. The molecule has 2 heterocycles. The first-order valence-electron chi connectivity index (χ1n) is 7.41. The zero-order valence-corrected chi connectivity index (χ0v) is 13.2. The SMILES string of the molecule is COc1nc2c(OC[C@@H]3CC(F)(F)C(=O)N3)cccc2cc1C(N)=O. The van der Waals surface area contributed by atoms with Crippen LogP contribution >= 0.6 is 0 Å². The first kappa shape index (κ1) is 16.9. The number of alkyl halides is 2. The number of nitrogens with zero attached hydrogens (tertiary/aromatic N) is 1. The number of methoxy groups -OCH3 is 1. The van der Waals surface area contributed by atoms with Crippen LogP contribution in [0.2, 0.25) is 0 Å². The number of hydrogen-bond donors (Lipinski definition) is 2. The van der Waals surface area contributed by atoms with Gasteiger partial charge in [0.05, 0.1) is 13.2 Å². The van der Waals surface area contributed by atoms with Gasteiger partial charge < -0.3 is 20.5 Å². The highest BCUT2D eigenvalue weighted by Gasteiger charge is 2.48. The molecule has 1 aromatic carbocycles. The monoisotopic (exact) mass is 351 g/mol. The summed E-state index contributed by atoms with van der Waals surface area (Å²) < 4.78 is 37.1. The minimum absolute atomic E-state index is 0.0387. The largest absolute Gasteiger partial charge is 0.489 e. The number of halogens is 2. The van der Waals surface area contributed by atoms with Gasteiger partial charge in [0.25, 0.3) is 11.8 Å². The summed E-state index contributed by atoms with van der Waals surface area (Å²) in [6.07, 6.45) is -0.626. The molecule has 9 heteroatoms. The van der Waals surface area contributed by atoms with Crippen LogP contribution in [-0.4, -0.2) is 42.5 Å². The van der Waals surface area contributed by atoms with E-state index in [4.69, 9.17) is 15.2 Å². The number of amides is 2. The molecule has 0 aliphatic carbocycles. The highest BCUT2D eigenvalue weighted by atomic mass is 19.3. The number of ether oxygens (including phenoxy) is 2. The van der Waals surface area contributed by atoms with Crippen LogP contribution in [0.5, 0.6) is 11.6 Å². The number of carbonyl (C=O) groups excluding carboxylic acids is 2. The maximum Gasteiger partial charge on any atom is 0.326 e. The number of fused-ring (bicyclic) bond motifs is 1. The zero-order valence-electron chi connectivity index (χ0n) is 13.2. The Kier molecular flexibility index (Phi) is 4.15. The molecule has 0 saturated carbocycles. The fourth-order valence-electron chi connectivity index (χ4n) is 2.64. The third-order valence-electron chi connectivity index (χ3n) is 3.84. The Balaban J connectivity index is 1.87. The summed E-state index contributed by atoms with van der Waals surface area (Å²) in [5.74, 6) is -5.02. The standard InChI is InChI=1S/C16H15F2N3O4/c1-24-14-10(13(19)22)5-8-3-2-4-11(12(8)21-14)25-7-9-6-16(17,18)15(23)20-9/h2-5,9H,6-7H2,1H3,(H2,19,22)(H,20,23)/t9-/m0/s1. The topological polar surface area (TPSA) is 104 Å². The number of benzene rings is 1. The Labute approximate surface area is 141 Å². The van der Waals surface area contributed by atoms with E-state index in [1.165, 1.54) is 13.2 Å². The van der Waals surface area contributed by atoms with Crippen molar-refractivity contribution in [2.75, 3.05) is 13.7 Å². The molecule has 25 heavy (non-hydrogen) atoms. The molecule has 1 aromatic heterocycles.